The predicted molar refractivity (Wildman–Crippen MR) is 82.7 cm³/mol. The van der Waals surface area contributed by atoms with Crippen molar-refractivity contribution in [1.82, 2.24) is 0 Å². The van der Waals surface area contributed by atoms with Gasteiger partial charge in [-0.3, -0.25) is 0 Å². The van der Waals surface area contributed by atoms with E-state index in [1.807, 2.05) is 48.5 Å². The van der Waals surface area contributed by atoms with Crippen molar-refractivity contribution in [3.05, 3.63) is 70.8 Å². The Labute approximate surface area is 118 Å². The van der Waals surface area contributed by atoms with Crippen molar-refractivity contribution in [2.45, 2.75) is 0 Å². The fraction of sp³-hybridized carbons (Fsp3) is 0. The topological polar surface area (TPSA) is 26.0 Å². The van der Waals surface area contributed by atoms with Crippen LogP contribution in [0.5, 0.6) is 0 Å². The van der Waals surface area contributed by atoms with Gasteiger partial charge in [0.1, 0.15) is 4.99 Å². The minimum Gasteiger partial charge on any atom is -0.389 e. The van der Waals surface area contributed by atoms with E-state index in [1.54, 1.807) is 0 Å². The minimum absolute atomic E-state index is 0.393. The second-order valence-corrected chi connectivity index (χ2v) is 4.35. The van der Waals surface area contributed by atoms with Crippen molar-refractivity contribution in [3.63, 3.8) is 0 Å². The number of rotatable bonds is 1. The van der Waals surface area contributed by atoms with Gasteiger partial charge < -0.3 is 5.73 Å². The molecule has 0 aliphatic carbocycles. The van der Waals surface area contributed by atoms with Gasteiger partial charge in [-0.25, -0.2) is 0 Å². The van der Waals surface area contributed by atoms with E-state index in [-0.39, 0.29) is 0 Å². The van der Waals surface area contributed by atoms with E-state index in [2.05, 4.69) is 17.8 Å². The molecule has 0 atom stereocenters. The van der Waals surface area contributed by atoms with E-state index in [0.29, 0.717) is 4.99 Å². The van der Waals surface area contributed by atoms with Crippen molar-refractivity contribution in [1.29, 1.82) is 0 Å². The smallest absolute Gasteiger partial charge is 0.103 e. The van der Waals surface area contributed by atoms with Crippen LogP contribution < -0.4 is 5.73 Å². The number of terminal acetylenes is 1. The van der Waals surface area contributed by atoms with Gasteiger partial charge in [-0.05, 0) is 36.4 Å². The third kappa shape index (κ3) is 3.45. The number of hydrogen-bond donors (Lipinski definition) is 1. The molecule has 0 aliphatic heterocycles. The van der Waals surface area contributed by atoms with Crippen LogP contribution in [0.3, 0.4) is 0 Å². The maximum atomic E-state index is 5.54. The van der Waals surface area contributed by atoms with Gasteiger partial charge in [0.25, 0.3) is 0 Å². The van der Waals surface area contributed by atoms with E-state index in [9.17, 15) is 0 Å². The van der Waals surface area contributed by atoms with E-state index in [4.69, 9.17) is 24.4 Å². The molecule has 0 saturated carbocycles. The first-order chi connectivity index (χ1) is 9.19. The summed E-state index contributed by atoms with van der Waals surface area (Å²) in [5.74, 6) is 8.73. The average Bonchev–Trinajstić information content (AvgIpc) is 2.46. The molecule has 0 fully saturated rings. The summed E-state index contributed by atoms with van der Waals surface area (Å²) >= 11 is 4.90. The molecule has 0 aromatic heterocycles. The lowest BCUT2D eigenvalue weighted by Gasteiger charge is -1.97. The zero-order chi connectivity index (χ0) is 13.7. The Hall–Kier alpha value is -2.55. The van der Waals surface area contributed by atoms with Gasteiger partial charge in [-0.15, -0.1) is 6.42 Å². The van der Waals surface area contributed by atoms with Crippen LogP contribution in [0.4, 0.5) is 0 Å². The first-order valence-corrected chi connectivity index (χ1v) is 6.08. The van der Waals surface area contributed by atoms with Crippen LogP contribution in [0.2, 0.25) is 0 Å². The molecule has 0 radical (unpaired) electrons. The molecule has 0 amide bonds. The van der Waals surface area contributed by atoms with Gasteiger partial charge >= 0.3 is 0 Å². The summed E-state index contributed by atoms with van der Waals surface area (Å²) < 4.78 is 0. The van der Waals surface area contributed by atoms with E-state index < -0.39 is 0 Å². The first kappa shape index (κ1) is 12.9. The van der Waals surface area contributed by atoms with E-state index >= 15 is 0 Å². The maximum Gasteiger partial charge on any atom is 0.103 e. The number of thiocarbonyl (C=S) groups is 1. The molecule has 0 spiro atoms. The van der Waals surface area contributed by atoms with Crippen molar-refractivity contribution in [2.24, 2.45) is 5.73 Å². The lowest BCUT2D eigenvalue weighted by atomic mass is 10.1. The molecular weight excluding hydrogens is 250 g/mol. The molecule has 2 heteroatoms. The van der Waals surface area contributed by atoms with Gasteiger partial charge in [0.15, 0.2) is 0 Å². The van der Waals surface area contributed by atoms with Crippen LogP contribution in [-0.4, -0.2) is 4.99 Å². The fourth-order valence-corrected chi connectivity index (χ4v) is 1.65. The van der Waals surface area contributed by atoms with Crippen molar-refractivity contribution in [2.75, 3.05) is 0 Å². The minimum atomic E-state index is 0.393. The average molecular weight is 261 g/mol. The van der Waals surface area contributed by atoms with Crippen LogP contribution in [0.1, 0.15) is 22.3 Å². The summed E-state index contributed by atoms with van der Waals surface area (Å²) in [6.45, 7) is 0. The largest absolute Gasteiger partial charge is 0.389 e. The van der Waals surface area contributed by atoms with Gasteiger partial charge in [-0.1, -0.05) is 42.1 Å². The molecule has 2 rings (SSSR count). The number of benzene rings is 2. The summed E-state index contributed by atoms with van der Waals surface area (Å²) in [6.07, 6.45) is 5.30. The summed E-state index contributed by atoms with van der Waals surface area (Å²) in [6, 6.07) is 15.1. The Morgan fingerprint density at radius 1 is 0.842 bits per heavy atom. The Balaban J connectivity index is 2.19. The second-order valence-electron chi connectivity index (χ2n) is 3.91. The molecule has 19 heavy (non-hydrogen) atoms. The third-order valence-corrected chi connectivity index (χ3v) is 2.81. The fourth-order valence-electron chi connectivity index (χ4n) is 1.51. The van der Waals surface area contributed by atoms with Crippen LogP contribution in [-0.2, 0) is 0 Å². The molecule has 0 saturated heterocycles. The third-order valence-electron chi connectivity index (χ3n) is 2.57. The van der Waals surface area contributed by atoms with Crippen molar-refractivity contribution >= 4 is 17.2 Å². The van der Waals surface area contributed by atoms with E-state index in [0.717, 1.165) is 22.3 Å². The van der Waals surface area contributed by atoms with Crippen LogP contribution >= 0.6 is 12.2 Å². The van der Waals surface area contributed by atoms with Crippen LogP contribution in [0.25, 0.3) is 0 Å². The van der Waals surface area contributed by atoms with E-state index in [1.165, 1.54) is 0 Å². The van der Waals surface area contributed by atoms with Gasteiger partial charge in [0.05, 0.1) is 0 Å². The molecule has 1 nitrogen and oxygen atoms in total. The highest BCUT2D eigenvalue weighted by atomic mass is 32.1. The number of nitrogens with two attached hydrogens (primary N) is 1. The molecule has 2 N–H and O–H groups in total. The first-order valence-electron chi connectivity index (χ1n) is 5.67. The molecule has 0 heterocycles. The zero-order valence-electron chi connectivity index (χ0n) is 10.2. The lowest BCUT2D eigenvalue weighted by Crippen LogP contribution is -2.08. The highest BCUT2D eigenvalue weighted by Crippen LogP contribution is 2.05. The highest BCUT2D eigenvalue weighted by Gasteiger charge is 1.94. The number of hydrogen-bond acceptors (Lipinski definition) is 1. The predicted octanol–water partition coefficient (Wildman–Crippen LogP) is 2.70. The Morgan fingerprint density at radius 2 is 1.26 bits per heavy atom. The Bertz CT molecular complexity index is 692. The molecule has 0 bridgehead atoms. The standard InChI is InChI=1S/C17H11NS/c1-2-13-3-5-14(6-4-13)7-8-15-9-11-16(12-10-15)17(18)19/h1,3-6,9-12H,(H2,18,19). The monoisotopic (exact) mass is 261 g/mol. The second kappa shape index (κ2) is 5.87. The Kier molecular flexibility index (Phi) is 3.98. The molecule has 2 aromatic rings. The normalized spacial score (nSPS) is 9.00. The summed E-state index contributed by atoms with van der Waals surface area (Å²) in [4.78, 5) is 0.393. The molecule has 90 valence electrons. The molecular formula is C17H11NS. The summed E-state index contributed by atoms with van der Waals surface area (Å²) in [5, 5.41) is 0. The van der Waals surface area contributed by atoms with Crippen LogP contribution in [0, 0.1) is 24.2 Å². The van der Waals surface area contributed by atoms with Gasteiger partial charge in [0, 0.05) is 22.3 Å². The maximum absolute atomic E-state index is 5.54. The molecule has 0 aliphatic rings. The van der Waals surface area contributed by atoms with Gasteiger partial charge in [-0.2, -0.15) is 0 Å². The summed E-state index contributed by atoms with van der Waals surface area (Å²) in [5.41, 5.74) is 9.08. The quantitative estimate of drug-likeness (QED) is 0.631. The zero-order valence-corrected chi connectivity index (χ0v) is 11.0. The van der Waals surface area contributed by atoms with Crippen LogP contribution in [0.15, 0.2) is 48.5 Å². The summed E-state index contributed by atoms with van der Waals surface area (Å²) in [7, 11) is 0. The van der Waals surface area contributed by atoms with Crippen molar-refractivity contribution in [3.8, 4) is 24.2 Å². The SMILES string of the molecule is C#Cc1ccc(C#Cc2ccc(C(N)=S)cc2)cc1. The van der Waals surface area contributed by atoms with Crippen molar-refractivity contribution < 1.29 is 0 Å². The Morgan fingerprint density at radius 3 is 1.68 bits per heavy atom. The molecule has 0 unspecified atom stereocenters. The highest BCUT2D eigenvalue weighted by molar-refractivity contribution is 7.80. The van der Waals surface area contributed by atoms with Gasteiger partial charge in [0.2, 0.25) is 0 Å². The lowest BCUT2D eigenvalue weighted by molar-refractivity contribution is 1.58. The molecule has 2 aromatic carbocycles.